The van der Waals surface area contributed by atoms with Crippen molar-refractivity contribution >= 4 is 23.2 Å². The summed E-state index contributed by atoms with van der Waals surface area (Å²) >= 11 is 0. The van der Waals surface area contributed by atoms with Gasteiger partial charge in [-0.05, 0) is 61.4 Å². The van der Waals surface area contributed by atoms with Crippen molar-refractivity contribution in [3.05, 3.63) is 48.5 Å². The molecular formula is C38H56N2O14. The van der Waals surface area contributed by atoms with Crippen LogP contribution in [0.2, 0.25) is 0 Å². The van der Waals surface area contributed by atoms with Gasteiger partial charge in [-0.1, -0.05) is 51.4 Å². The number of hydrogen-bond donors (Lipinski definition) is 10. The number of aliphatic hydroxyl groups is 8. The molecule has 2 heterocycles. The van der Waals surface area contributed by atoms with Gasteiger partial charge < -0.3 is 70.4 Å². The molecule has 10 N–H and O–H groups in total. The zero-order chi connectivity index (χ0) is 39.0. The van der Waals surface area contributed by atoms with E-state index in [0.29, 0.717) is 35.7 Å². The minimum atomic E-state index is -1.53. The summed E-state index contributed by atoms with van der Waals surface area (Å²) in [5.74, 6) is 0.441. The van der Waals surface area contributed by atoms with Crippen LogP contribution in [0.3, 0.4) is 0 Å². The van der Waals surface area contributed by atoms with E-state index in [1.807, 2.05) is 0 Å². The van der Waals surface area contributed by atoms with Gasteiger partial charge in [-0.15, -0.1) is 0 Å². The molecule has 302 valence electrons. The predicted molar refractivity (Wildman–Crippen MR) is 194 cm³/mol. The van der Waals surface area contributed by atoms with Crippen molar-refractivity contribution in [1.82, 2.24) is 0 Å². The van der Waals surface area contributed by atoms with Gasteiger partial charge in [0.1, 0.15) is 60.3 Å². The van der Waals surface area contributed by atoms with Crippen molar-refractivity contribution in [2.45, 2.75) is 138 Å². The Labute approximate surface area is 314 Å². The van der Waals surface area contributed by atoms with E-state index < -0.39 is 74.6 Å². The molecule has 0 bridgehead atoms. The summed E-state index contributed by atoms with van der Waals surface area (Å²) in [5.41, 5.74) is 1.16. The molecule has 0 saturated carbocycles. The number of anilines is 2. The topological polar surface area (TPSA) is 257 Å². The Bertz CT molecular complexity index is 1290. The molecule has 0 aromatic heterocycles. The third-order valence-corrected chi connectivity index (χ3v) is 9.54. The van der Waals surface area contributed by atoms with E-state index in [0.717, 1.165) is 64.2 Å². The van der Waals surface area contributed by atoms with Crippen LogP contribution in [0, 0.1) is 0 Å². The summed E-state index contributed by atoms with van der Waals surface area (Å²) in [6.07, 6.45) is -2.86. The Kier molecular flexibility index (Phi) is 17.8. The highest BCUT2D eigenvalue weighted by molar-refractivity contribution is 5.91. The summed E-state index contributed by atoms with van der Waals surface area (Å²) in [6, 6.07) is 12.9. The molecule has 16 nitrogen and oxygen atoms in total. The third-order valence-electron chi connectivity index (χ3n) is 9.54. The number of amides is 2. The zero-order valence-corrected chi connectivity index (χ0v) is 30.3. The van der Waals surface area contributed by atoms with Crippen molar-refractivity contribution < 1.29 is 69.4 Å². The van der Waals surface area contributed by atoms with Crippen LogP contribution in [0.5, 0.6) is 11.5 Å². The Morgan fingerprint density at radius 2 is 0.796 bits per heavy atom. The summed E-state index contributed by atoms with van der Waals surface area (Å²) in [7, 11) is 0. The lowest BCUT2D eigenvalue weighted by atomic mass is 9.99. The molecule has 0 aliphatic carbocycles. The van der Waals surface area contributed by atoms with Crippen LogP contribution in [0.4, 0.5) is 11.4 Å². The molecule has 10 atom stereocenters. The molecule has 4 rings (SSSR count). The maximum atomic E-state index is 12.4. The molecule has 0 unspecified atom stereocenters. The highest BCUT2D eigenvalue weighted by Gasteiger charge is 2.45. The smallest absolute Gasteiger partial charge is 0.229 e. The normalized spacial score (nSPS) is 28.3. The van der Waals surface area contributed by atoms with Crippen LogP contribution in [0.15, 0.2) is 48.5 Å². The minimum absolute atomic E-state index is 0.0936. The molecule has 2 aliphatic heterocycles. The fourth-order valence-corrected chi connectivity index (χ4v) is 6.26. The first-order valence-corrected chi connectivity index (χ1v) is 18.7. The quantitative estimate of drug-likeness (QED) is 0.0805. The number of unbranched alkanes of at least 4 members (excludes halogenated alkanes) is 9. The van der Waals surface area contributed by atoms with Crippen LogP contribution in [0.1, 0.15) is 77.0 Å². The Hall–Kier alpha value is -3.42. The average Bonchev–Trinajstić information content (AvgIpc) is 3.17. The number of carbonyl (C=O) groups is 2. The van der Waals surface area contributed by atoms with Crippen LogP contribution in [-0.4, -0.2) is 127 Å². The monoisotopic (exact) mass is 764 g/mol. The summed E-state index contributed by atoms with van der Waals surface area (Å²) in [6.45, 7) is -1.10. The first-order valence-electron chi connectivity index (χ1n) is 18.7. The second kappa shape index (κ2) is 22.2. The van der Waals surface area contributed by atoms with Gasteiger partial charge in [0, 0.05) is 24.2 Å². The van der Waals surface area contributed by atoms with Gasteiger partial charge in [-0.3, -0.25) is 9.59 Å². The molecule has 2 fully saturated rings. The van der Waals surface area contributed by atoms with Crippen LogP contribution in [-0.2, 0) is 19.1 Å². The molecule has 0 spiro atoms. The molecule has 2 saturated heterocycles. The molecule has 2 amide bonds. The molecule has 0 radical (unpaired) electrons. The SMILES string of the molecule is O=C(CCCCCCCCCCCCC(=O)Nc1ccc(O[C@@H]2O[C@H](CO)[C@@H](O)[C@H](O)[C@H]2O)cc1)Nc1ccc(O[C@@H]2O[C@H](CO)[C@@H](O)[C@H](O)[C@H]2O)cc1. The largest absolute Gasteiger partial charge is 0.462 e. The number of rotatable bonds is 21. The van der Waals surface area contributed by atoms with Crippen molar-refractivity contribution in [1.29, 1.82) is 0 Å². The highest BCUT2D eigenvalue weighted by Crippen LogP contribution is 2.27. The van der Waals surface area contributed by atoms with Crippen molar-refractivity contribution in [3.63, 3.8) is 0 Å². The first-order chi connectivity index (χ1) is 26.0. The van der Waals surface area contributed by atoms with Crippen molar-refractivity contribution in [2.75, 3.05) is 23.8 Å². The molecule has 2 aromatic carbocycles. The van der Waals surface area contributed by atoms with Crippen LogP contribution < -0.4 is 20.1 Å². The molecule has 16 heteroatoms. The molecule has 54 heavy (non-hydrogen) atoms. The summed E-state index contributed by atoms with van der Waals surface area (Å²) in [5, 5.41) is 84.2. The van der Waals surface area contributed by atoms with Crippen LogP contribution in [0.25, 0.3) is 0 Å². The van der Waals surface area contributed by atoms with Gasteiger partial charge in [0.2, 0.25) is 24.4 Å². The number of nitrogens with one attached hydrogen (secondary N) is 2. The van der Waals surface area contributed by atoms with Gasteiger partial charge in [0.15, 0.2) is 0 Å². The lowest BCUT2D eigenvalue weighted by Crippen LogP contribution is -2.60. The second-order valence-electron chi connectivity index (χ2n) is 13.8. The minimum Gasteiger partial charge on any atom is -0.462 e. The van der Waals surface area contributed by atoms with Gasteiger partial charge in [0.05, 0.1) is 13.2 Å². The lowest BCUT2D eigenvalue weighted by molar-refractivity contribution is -0.277. The average molecular weight is 765 g/mol. The fraction of sp³-hybridized carbons (Fsp3) is 0.632. The van der Waals surface area contributed by atoms with E-state index in [2.05, 4.69) is 10.6 Å². The maximum absolute atomic E-state index is 12.4. The van der Waals surface area contributed by atoms with E-state index >= 15 is 0 Å². The number of ether oxygens (including phenoxy) is 4. The highest BCUT2D eigenvalue weighted by atomic mass is 16.7. The summed E-state index contributed by atoms with van der Waals surface area (Å²) < 4.78 is 21.8. The third kappa shape index (κ3) is 13.1. The van der Waals surface area contributed by atoms with E-state index in [1.54, 1.807) is 48.5 Å². The van der Waals surface area contributed by atoms with Gasteiger partial charge in [0.25, 0.3) is 0 Å². The lowest BCUT2D eigenvalue weighted by Gasteiger charge is -2.39. The van der Waals surface area contributed by atoms with E-state index in [4.69, 9.17) is 18.9 Å². The van der Waals surface area contributed by atoms with E-state index in [-0.39, 0.29) is 11.8 Å². The summed E-state index contributed by atoms with van der Waals surface area (Å²) in [4.78, 5) is 24.7. The predicted octanol–water partition coefficient (Wildman–Crippen LogP) is 1.30. The standard InChI is InChI=1S/C38H56N2O14/c41-21-27-31(45)33(47)35(49)37(53-27)51-25-17-13-23(14-18-25)39-29(43)11-9-7-5-3-1-2-4-6-8-10-12-30(44)40-24-15-19-26(20-16-24)52-38-36(50)34(48)32(46)28(22-42)54-38/h13-20,27-28,31-38,41-42,45-50H,1-12,21-22H2,(H,39,43)(H,40,44)/t27-,28-,31-,32-,33+,34+,35-,36-,37-,38-/m1/s1. The number of aliphatic hydroxyl groups excluding tert-OH is 8. The van der Waals surface area contributed by atoms with E-state index in [9.17, 15) is 50.4 Å². The zero-order valence-electron chi connectivity index (χ0n) is 30.3. The number of carbonyl (C=O) groups excluding carboxylic acids is 2. The van der Waals surface area contributed by atoms with Crippen molar-refractivity contribution in [2.24, 2.45) is 0 Å². The fourth-order valence-electron chi connectivity index (χ4n) is 6.26. The first kappa shape index (κ1) is 43.3. The van der Waals surface area contributed by atoms with Gasteiger partial charge in [-0.25, -0.2) is 0 Å². The molecular weight excluding hydrogens is 708 g/mol. The second-order valence-corrected chi connectivity index (χ2v) is 13.8. The molecule has 2 aliphatic rings. The number of benzene rings is 2. The number of hydrogen-bond acceptors (Lipinski definition) is 14. The Morgan fingerprint density at radius 1 is 0.481 bits per heavy atom. The van der Waals surface area contributed by atoms with Gasteiger partial charge in [-0.2, -0.15) is 0 Å². The van der Waals surface area contributed by atoms with Crippen molar-refractivity contribution in [3.8, 4) is 11.5 Å². The Balaban J connectivity index is 0.971. The molecule has 2 aromatic rings. The van der Waals surface area contributed by atoms with E-state index in [1.165, 1.54) is 0 Å². The van der Waals surface area contributed by atoms with Crippen LogP contribution >= 0.6 is 0 Å². The maximum Gasteiger partial charge on any atom is 0.229 e. The Morgan fingerprint density at radius 3 is 1.11 bits per heavy atom. The van der Waals surface area contributed by atoms with Gasteiger partial charge >= 0.3 is 0 Å².